The second-order valence-corrected chi connectivity index (χ2v) is 5.52. The summed E-state index contributed by atoms with van der Waals surface area (Å²) >= 11 is 5.76. The lowest BCUT2D eigenvalue weighted by Crippen LogP contribution is -2.38. The number of urea groups is 1. The summed E-state index contributed by atoms with van der Waals surface area (Å²) in [6.07, 6.45) is 0.859. The van der Waals surface area contributed by atoms with E-state index >= 15 is 0 Å². The first-order valence-corrected chi connectivity index (χ1v) is 7.57. The highest BCUT2D eigenvalue weighted by Gasteiger charge is 2.05. The van der Waals surface area contributed by atoms with Crippen LogP contribution in [0, 0.1) is 5.92 Å². The van der Waals surface area contributed by atoms with Crippen LogP contribution in [0.3, 0.4) is 0 Å². The number of carbonyl (C=O) groups is 2. The molecular formula is C15H22ClN3O3. The summed E-state index contributed by atoms with van der Waals surface area (Å²) in [7, 11) is 0. The van der Waals surface area contributed by atoms with Crippen molar-refractivity contribution >= 4 is 29.2 Å². The number of aliphatic hydroxyl groups is 1. The molecule has 4 N–H and O–H groups in total. The first kappa shape index (κ1) is 18.3. The van der Waals surface area contributed by atoms with Crippen molar-refractivity contribution in [3.8, 4) is 0 Å². The number of carbonyl (C=O) groups excluding carboxylic acids is 2. The minimum absolute atomic E-state index is 0.0240. The molecule has 1 rings (SSSR count). The van der Waals surface area contributed by atoms with E-state index in [0.29, 0.717) is 36.6 Å². The summed E-state index contributed by atoms with van der Waals surface area (Å²) in [6, 6.07) is 6.58. The monoisotopic (exact) mass is 327 g/mol. The summed E-state index contributed by atoms with van der Waals surface area (Å²) in [5.74, 6) is -0.0886. The van der Waals surface area contributed by atoms with Crippen molar-refractivity contribution < 1.29 is 14.7 Å². The predicted molar refractivity (Wildman–Crippen MR) is 87.0 cm³/mol. The number of benzene rings is 1. The second kappa shape index (κ2) is 10.0. The lowest BCUT2D eigenvalue weighted by atomic mass is 10.2. The molecule has 1 aromatic rings. The number of amides is 3. The Labute approximate surface area is 135 Å². The van der Waals surface area contributed by atoms with Crippen molar-refractivity contribution in [1.82, 2.24) is 10.6 Å². The van der Waals surface area contributed by atoms with Crippen molar-refractivity contribution in [2.75, 3.05) is 25.0 Å². The van der Waals surface area contributed by atoms with Gasteiger partial charge in [0.2, 0.25) is 5.91 Å². The van der Waals surface area contributed by atoms with E-state index in [1.165, 1.54) is 0 Å². The Morgan fingerprint density at radius 1 is 1.23 bits per heavy atom. The van der Waals surface area contributed by atoms with Gasteiger partial charge in [-0.1, -0.05) is 18.5 Å². The smallest absolute Gasteiger partial charge is 0.314 e. The lowest BCUT2D eigenvalue weighted by Gasteiger charge is -2.10. The van der Waals surface area contributed by atoms with Gasteiger partial charge < -0.3 is 21.1 Å². The third-order valence-electron chi connectivity index (χ3n) is 2.92. The molecule has 0 fully saturated rings. The summed E-state index contributed by atoms with van der Waals surface area (Å²) in [5.41, 5.74) is 0.693. The molecule has 0 saturated carbocycles. The van der Waals surface area contributed by atoms with Gasteiger partial charge in [-0.15, -0.1) is 0 Å². The van der Waals surface area contributed by atoms with Crippen LogP contribution >= 0.6 is 11.6 Å². The molecule has 1 aromatic carbocycles. The van der Waals surface area contributed by atoms with Crippen molar-refractivity contribution in [2.24, 2.45) is 5.92 Å². The molecule has 1 unspecified atom stereocenters. The second-order valence-electron chi connectivity index (χ2n) is 5.08. The zero-order valence-corrected chi connectivity index (χ0v) is 13.3. The van der Waals surface area contributed by atoms with Crippen LogP contribution in [0.25, 0.3) is 0 Å². The van der Waals surface area contributed by atoms with Gasteiger partial charge in [-0.25, -0.2) is 4.79 Å². The molecule has 0 spiro atoms. The van der Waals surface area contributed by atoms with Gasteiger partial charge in [-0.3, -0.25) is 4.79 Å². The average molecular weight is 328 g/mol. The van der Waals surface area contributed by atoms with E-state index in [-0.39, 0.29) is 24.5 Å². The van der Waals surface area contributed by atoms with Crippen LogP contribution in [0.4, 0.5) is 10.5 Å². The Morgan fingerprint density at radius 3 is 2.55 bits per heavy atom. The van der Waals surface area contributed by atoms with Gasteiger partial charge in [0, 0.05) is 36.8 Å². The fourth-order valence-corrected chi connectivity index (χ4v) is 1.73. The topological polar surface area (TPSA) is 90.5 Å². The lowest BCUT2D eigenvalue weighted by molar-refractivity contribution is -0.116. The van der Waals surface area contributed by atoms with E-state index in [2.05, 4.69) is 16.0 Å². The third-order valence-corrected chi connectivity index (χ3v) is 3.17. The van der Waals surface area contributed by atoms with Crippen LogP contribution in [0.15, 0.2) is 24.3 Å². The van der Waals surface area contributed by atoms with Crippen LogP contribution in [0.1, 0.15) is 19.8 Å². The van der Waals surface area contributed by atoms with Crippen molar-refractivity contribution in [3.05, 3.63) is 29.3 Å². The minimum Gasteiger partial charge on any atom is -0.396 e. The molecule has 0 bridgehead atoms. The molecule has 0 aromatic heterocycles. The molecule has 122 valence electrons. The maximum absolute atomic E-state index is 11.7. The van der Waals surface area contributed by atoms with Crippen LogP contribution in [0.5, 0.6) is 0 Å². The average Bonchev–Trinajstić information content (AvgIpc) is 2.51. The molecule has 1 atom stereocenters. The number of aliphatic hydroxyl groups excluding tert-OH is 1. The molecule has 0 saturated heterocycles. The van der Waals surface area contributed by atoms with Gasteiger partial charge in [0.05, 0.1) is 0 Å². The highest BCUT2D eigenvalue weighted by molar-refractivity contribution is 6.30. The fourth-order valence-electron chi connectivity index (χ4n) is 1.60. The van der Waals surface area contributed by atoms with E-state index in [1.54, 1.807) is 24.3 Å². The molecule has 3 amide bonds. The van der Waals surface area contributed by atoms with E-state index in [0.717, 1.165) is 0 Å². The number of rotatable bonds is 8. The predicted octanol–water partition coefficient (Wildman–Crippen LogP) is 1.99. The third kappa shape index (κ3) is 7.85. The van der Waals surface area contributed by atoms with Crippen LogP contribution in [0.2, 0.25) is 5.02 Å². The molecule has 0 aliphatic rings. The maximum Gasteiger partial charge on any atom is 0.314 e. The number of halogens is 1. The van der Waals surface area contributed by atoms with Crippen molar-refractivity contribution in [3.63, 3.8) is 0 Å². The molecule has 0 aliphatic carbocycles. The van der Waals surface area contributed by atoms with Gasteiger partial charge in [0.15, 0.2) is 0 Å². The van der Waals surface area contributed by atoms with Gasteiger partial charge in [0.25, 0.3) is 0 Å². The summed E-state index contributed by atoms with van der Waals surface area (Å²) < 4.78 is 0. The minimum atomic E-state index is -0.293. The Balaban J connectivity index is 2.12. The Bertz CT molecular complexity index is 479. The number of nitrogens with one attached hydrogen (secondary N) is 3. The van der Waals surface area contributed by atoms with E-state index in [9.17, 15) is 9.59 Å². The van der Waals surface area contributed by atoms with Gasteiger partial charge >= 0.3 is 6.03 Å². The fraction of sp³-hybridized carbons (Fsp3) is 0.467. The van der Waals surface area contributed by atoms with Crippen molar-refractivity contribution in [2.45, 2.75) is 19.8 Å². The Kier molecular flexibility index (Phi) is 8.32. The molecular weight excluding hydrogens is 306 g/mol. The highest BCUT2D eigenvalue weighted by Crippen LogP contribution is 2.13. The molecule has 0 aliphatic heterocycles. The van der Waals surface area contributed by atoms with Gasteiger partial charge in [-0.05, 0) is 36.6 Å². The zero-order chi connectivity index (χ0) is 16.4. The summed E-state index contributed by atoms with van der Waals surface area (Å²) in [6.45, 7) is 2.69. The summed E-state index contributed by atoms with van der Waals surface area (Å²) in [4.78, 5) is 23.1. The van der Waals surface area contributed by atoms with E-state index in [4.69, 9.17) is 16.7 Å². The molecule has 6 nitrogen and oxygen atoms in total. The van der Waals surface area contributed by atoms with Crippen LogP contribution in [-0.4, -0.2) is 36.7 Å². The number of hydrogen-bond acceptors (Lipinski definition) is 3. The maximum atomic E-state index is 11.7. The standard InChI is InChI=1S/C15H22ClN3O3/c1-11(10-20)9-18-15(22)17-8-2-3-14(21)19-13-6-4-12(16)5-7-13/h4-7,11,20H,2-3,8-10H2,1H3,(H,19,21)(H2,17,18,22). The summed E-state index contributed by atoms with van der Waals surface area (Å²) in [5, 5.41) is 17.5. The van der Waals surface area contributed by atoms with E-state index in [1.807, 2.05) is 6.92 Å². The molecule has 0 heterocycles. The molecule has 0 radical (unpaired) electrons. The largest absolute Gasteiger partial charge is 0.396 e. The van der Waals surface area contributed by atoms with E-state index < -0.39 is 0 Å². The first-order chi connectivity index (χ1) is 10.5. The van der Waals surface area contributed by atoms with Crippen LogP contribution in [-0.2, 0) is 4.79 Å². The SMILES string of the molecule is CC(CO)CNC(=O)NCCCC(=O)Nc1ccc(Cl)cc1. The Morgan fingerprint density at radius 2 is 1.91 bits per heavy atom. The zero-order valence-electron chi connectivity index (χ0n) is 12.6. The van der Waals surface area contributed by atoms with Gasteiger partial charge in [-0.2, -0.15) is 0 Å². The van der Waals surface area contributed by atoms with Crippen LogP contribution < -0.4 is 16.0 Å². The highest BCUT2D eigenvalue weighted by atomic mass is 35.5. The number of anilines is 1. The molecule has 7 heteroatoms. The molecule has 22 heavy (non-hydrogen) atoms. The quantitative estimate of drug-likeness (QED) is 0.550. The number of hydrogen-bond donors (Lipinski definition) is 4. The Hall–Kier alpha value is -1.79. The first-order valence-electron chi connectivity index (χ1n) is 7.19. The van der Waals surface area contributed by atoms with Crippen molar-refractivity contribution in [1.29, 1.82) is 0 Å². The van der Waals surface area contributed by atoms with Gasteiger partial charge in [0.1, 0.15) is 0 Å². The normalized spacial score (nSPS) is 11.6.